The summed E-state index contributed by atoms with van der Waals surface area (Å²) in [6.07, 6.45) is 1.62. The van der Waals surface area contributed by atoms with E-state index in [4.69, 9.17) is 5.11 Å². The Kier molecular flexibility index (Phi) is 5.92. The van der Waals surface area contributed by atoms with Crippen molar-refractivity contribution in [3.8, 4) is 0 Å². The van der Waals surface area contributed by atoms with Gasteiger partial charge in [0.1, 0.15) is 6.04 Å². The fourth-order valence-electron chi connectivity index (χ4n) is 1.17. The van der Waals surface area contributed by atoms with Gasteiger partial charge in [-0.1, -0.05) is 27.2 Å². The molecule has 0 aliphatic carbocycles. The SMILES string of the molecule is CCCC(NC(=O)CC(C)C)C(=O)O. The third kappa shape index (κ3) is 5.56. The number of carbonyl (C=O) groups excluding carboxylic acids is 1. The average molecular weight is 201 g/mol. The Balaban J connectivity index is 4.02. The van der Waals surface area contributed by atoms with Crippen molar-refractivity contribution in [2.24, 2.45) is 5.92 Å². The van der Waals surface area contributed by atoms with E-state index in [-0.39, 0.29) is 11.8 Å². The van der Waals surface area contributed by atoms with Crippen LogP contribution in [0.1, 0.15) is 40.0 Å². The van der Waals surface area contributed by atoms with E-state index in [9.17, 15) is 9.59 Å². The van der Waals surface area contributed by atoms with Gasteiger partial charge in [-0.2, -0.15) is 0 Å². The number of aliphatic carboxylic acids is 1. The monoisotopic (exact) mass is 201 g/mol. The van der Waals surface area contributed by atoms with Gasteiger partial charge in [0.05, 0.1) is 0 Å². The van der Waals surface area contributed by atoms with Gasteiger partial charge in [-0.05, 0) is 12.3 Å². The number of carbonyl (C=O) groups is 2. The quantitative estimate of drug-likeness (QED) is 0.682. The molecule has 0 heterocycles. The van der Waals surface area contributed by atoms with Crippen LogP contribution in [0.4, 0.5) is 0 Å². The molecule has 0 spiro atoms. The van der Waals surface area contributed by atoms with Crippen molar-refractivity contribution >= 4 is 11.9 Å². The van der Waals surface area contributed by atoms with E-state index in [1.54, 1.807) is 0 Å². The molecule has 0 aromatic carbocycles. The lowest BCUT2D eigenvalue weighted by Gasteiger charge is -2.14. The van der Waals surface area contributed by atoms with Gasteiger partial charge in [-0.15, -0.1) is 0 Å². The molecule has 2 N–H and O–H groups in total. The van der Waals surface area contributed by atoms with Gasteiger partial charge in [0.2, 0.25) is 5.91 Å². The molecular weight excluding hydrogens is 182 g/mol. The third-order valence-electron chi connectivity index (χ3n) is 1.80. The zero-order valence-electron chi connectivity index (χ0n) is 9.04. The molecule has 0 saturated heterocycles. The highest BCUT2D eigenvalue weighted by Gasteiger charge is 2.18. The number of hydrogen-bond acceptors (Lipinski definition) is 2. The molecular formula is C10H19NO3. The average Bonchev–Trinajstić information content (AvgIpc) is 2.01. The molecule has 0 radical (unpaired) electrons. The topological polar surface area (TPSA) is 66.4 Å². The van der Waals surface area contributed by atoms with Crippen molar-refractivity contribution < 1.29 is 14.7 Å². The molecule has 1 atom stereocenters. The Labute approximate surface area is 84.7 Å². The number of hydrogen-bond donors (Lipinski definition) is 2. The highest BCUT2D eigenvalue weighted by molar-refractivity contribution is 5.83. The first-order valence-corrected chi connectivity index (χ1v) is 4.99. The van der Waals surface area contributed by atoms with Crippen molar-refractivity contribution in [3.63, 3.8) is 0 Å². The van der Waals surface area contributed by atoms with Crippen molar-refractivity contribution in [1.82, 2.24) is 5.32 Å². The largest absolute Gasteiger partial charge is 0.480 e. The molecule has 0 fully saturated rings. The first kappa shape index (κ1) is 12.9. The van der Waals surface area contributed by atoms with Crippen molar-refractivity contribution in [3.05, 3.63) is 0 Å². The molecule has 14 heavy (non-hydrogen) atoms. The summed E-state index contributed by atoms with van der Waals surface area (Å²) < 4.78 is 0. The molecule has 0 rings (SSSR count). The van der Waals surface area contributed by atoms with Crippen LogP contribution in [0.5, 0.6) is 0 Å². The number of rotatable bonds is 6. The van der Waals surface area contributed by atoms with Gasteiger partial charge in [0, 0.05) is 6.42 Å². The lowest BCUT2D eigenvalue weighted by atomic mass is 10.1. The number of carboxylic acids is 1. The standard InChI is InChI=1S/C10H19NO3/c1-4-5-8(10(13)14)11-9(12)6-7(2)3/h7-8H,4-6H2,1-3H3,(H,11,12)(H,13,14). The third-order valence-corrected chi connectivity index (χ3v) is 1.80. The first-order valence-electron chi connectivity index (χ1n) is 4.99. The molecule has 4 nitrogen and oxygen atoms in total. The highest BCUT2D eigenvalue weighted by Crippen LogP contribution is 2.02. The van der Waals surface area contributed by atoms with Gasteiger partial charge >= 0.3 is 5.97 Å². The van der Waals surface area contributed by atoms with Gasteiger partial charge in [-0.25, -0.2) is 4.79 Å². The molecule has 4 heteroatoms. The Morgan fingerprint density at radius 1 is 1.36 bits per heavy atom. The predicted molar refractivity (Wildman–Crippen MR) is 53.9 cm³/mol. The normalized spacial score (nSPS) is 12.6. The van der Waals surface area contributed by atoms with Crippen LogP contribution in [0.25, 0.3) is 0 Å². The van der Waals surface area contributed by atoms with Crippen LogP contribution in [0, 0.1) is 5.92 Å². The molecule has 0 aromatic heterocycles. The molecule has 0 aromatic rings. The van der Waals surface area contributed by atoms with E-state index < -0.39 is 12.0 Å². The van der Waals surface area contributed by atoms with Gasteiger partial charge in [0.25, 0.3) is 0 Å². The lowest BCUT2D eigenvalue weighted by molar-refractivity contribution is -0.142. The van der Waals surface area contributed by atoms with E-state index in [1.165, 1.54) is 0 Å². The van der Waals surface area contributed by atoms with E-state index in [0.29, 0.717) is 12.8 Å². The molecule has 82 valence electrons. The number of carboxylic acid groups (broad SMARTS) is 1. The van der Waals surface area contributed by atoms with Crippen molar-refractivity contribution in [1.29, 1.82) is 0 Å². The van der Waals surface area contributed by atoms with Crippen LogP contribution >= 0.6 is 0 Å². The predicted octanol–water partition coefficient (Wildman–Crippen LogP) is 1.40. The fraction of sp³-hybridized carbons (Fsp3) is 0.800. The van der Waals surface area contributed by atoms with E-state index in [0.717, 1.165) is 6.42 Å². The second-order valence-corrected chi connectivity index (χ2v) is 3.84. The van der Waals surface area contributed by atoms with Crippen molar-refractivity contribution in [2.75, 3.05) is 0 Å². The molecule has 1 amide bonds. The smallest absolute Gasteiger partial charge is 0.326 e. The van der Waals surface area contributed by atoms with E-state index in [1.807, 2.05) is 20.8 Å². The maximum Gasteiger partial charge on any atom is 0.326 e. The summed E-state index contributed by atoms with van der Waals surface area (Å²) in [6, 6.07) is -0.730. The Bertz CT molecular complexity index is 202. The molecule has 0 aliphatic heterocycles. The molecule has 0 aliphatic rings. The van der Waals surface area contributed by atoms with Crippen LogP contribution in [0.3, 0.4) is 0 Å². The summed E-state index contributed by atoms with van der Waals surface area (Å²) in [7, 11) is 0. The van der Waals surface area contributed by atoms with Gasteiger partial charge in [-0.3, -0.25) is 4.79 Å². The Morgan fingerprint density at radius 3 is 2.29 bits per heavy atom. The van der Waals surface area contributed by atoms with Crippen molar-refractivity contribution in [2.45, 2.75) is 46.1 Å². The summed E-state index contributed by atoms with van der Waals surface area (Å²) in [5.41, 5.74) is 0. The fourth-order valence-corrected chi connectivity index (χ4v) is 1.17. The zero-order valence-corrected chi connectivity index (χ0v) is 9.04. The van der Waals surface area contributed by atoms with E-state index in [2.05, 4.69) is 5.32 Å². The number of amides is 1. The van der Waals surface area contributed by atoms with Crippen LogP contribution in [-0.4, -0.2) is 23.0 Å². The summed E-state index contributed by atoms with van der Waals surface area (Å²) in [4.78, 5) is 22.0. The van der Waals surface area contributed by atoms with Crippen LogP contribution in [-0.2, 0) is 9.59 Å². The second kappa shape index (κ2) is 6.40. The Hall–Kier alpha value is -1.06. The second-order valence-electron chi connectivity index (χ2n) is 3.84. The minimum absolute atomic E-state index is 0.180. The summed E-state index contributed by atoms with van der Waals surface area (Å²) in [5.74, 6) is -0.879. The Morgan fingerprint density at radius 2 is 1.93 bits per heavy atom. The lowest BCUT2D eigenvalue weighted by Crippen LogP contribution is -2.40. The zero-order chi connectivity index (χ0) is 11.1. The van der Waals surface area contributed by atoms with Gasteiger partial charge in [0.15, 0.2) is 0 Å². The first-order chi connectivity index (χ1) is 6.47. The minimum atomic E-state index is -0.955. The highest BCUT2D eigenvalue weighted by atomic mass is 16.4. The molecule has 0 bridgehead atoms. The van der Waals surface area contributed by atoms with Crippen LogP contribution < -0.4 is 5.32 Å². The maximum absolute atomic E-state index is 11.3. The summed E-state index contributed by atoms with van der Waals surface area (Å²) in [6.45, 7) is 5.74. The van der Waals surface area contributed by atoms with E-state index >= 15 is 0 Å². The summed E-state index contributed by atoms with van der Waals surface area (Å²) in [5, 5.41) is 11.3. The van der Waals surface area contributed by atoms with Crippen LogP contribution in [0.2, 0.25) is 0 Å². The minimum Gasteiger partial charge on any atom is -0.480 e. The van der Waals surface area contributed by atoms with Crippen LogP contribution in [0.15, 0.2) is 0 Å². The molecule has 0 saturated carbocycles. The van der Waals surface area contributed by atoms with Gasteiger partial charge < -0.3 is 10.4 Å². The summed E-state index contributed by atoms with van der Waals surface area (Å²) >= 11 is 0. The number of nitrogens with one attached hydrogen (secondary N) is 1. The maximum atomic E-state index is 11.3. The molecule has 1 unspecified atom stereocenters.